The van der Waals surface area contributed by atoms with E-state index in [0.717, 1.165) is 5.01 Å². The summed E-state index contributed by atoms with van der Waals surface area (Å²) in [6, 6.07) is 0. The third kappa shape index (κ3) is 2.26. The molecule has 4 nitrogen and oxygen atoms in total. The number of ether oxygens (including phenoxy) is 1. The van der Waals surface area contributed by atoms with Crippen LogP contribution in [0.5, 0.6) is 0 Å². The summed E-state index contributed by atoms with van der Waals surface area (Å²) >= 11 is 4.70. The van der Waals surface area contributed by atoms with Gasteiger partial charge in [-0.2, -0.15) is 5.01 Å². The van der Waals surface area contributed by atoms with Crippen molar-refractivity contribution < 1.29 is 9.53 Å². The van der Waals surface area contributed by atoms with Gasteiger partial charge < -0.3 is 4.74 Å². The molecule has 1 aliphatic heterocycles. The predicted molar refractivity (Wildman–Crippen MR) is 52.3 cm³/mol. The number of thiocarbonyl (C=S) groups is 1. The number of amides is 1. The Labute approximate surface area is 82.3 Å². The van der Waals surface area contributed by atoms with Crippen molar-refractivity contribution in [3.63, 3.8) is 0 Å². The number of carbonyl (C=O) groups is 1. The second-order valence-electron chi connectivity index (χ2n) is 3.92. The molecule has 0 aromatic carbocycles. The average Bonchev–Trinajstić information content (AvgIpc) is 2.15. The summed E-state index contributed by atoms with van der Waals surface area (Å²) in [5.74, 6) is 5.13. The van der Waals surface area contributed by atoms with E-state index >= 15 is 0 Å². The Kier molecular flexibility index (Phi) is 2.40. The molecule has 1 amide bonds. The Morgan fingerprint density at radius 2 is 2.08 bits per heavy atom. The van der Waals surface area contributed by atoms with Gasteiger partial charge in [0.1, 0.15) is 0 Å². The highest BCUT2D eigenvalue weighted by Crippen LogP contribution is 2.22. The summed E-state index contributed by atoms with van der Waals surface area (Å²) in [5.41, 5.74) is -0.133. The summed E-state index contributed by atoms with van der Waals surface area (Å²) in [4.78, 5) is 11.3. The summed E-state index contributed by atoms with van der Waals surface area (Å²) in [6.45, 7) is 5.87. The lowest BCUT2D eigenvalue weighted by atomic mass is 9.96. The number of nitrogens with two attached hydrogens (primary N) is 1. The van der Waals surface area contributed by atoms with E-state index in [1.165, 1.54) is 0 Å². The first-order valence-corrected chi connectivity index (χ1v) is 4.26. The van der Waals surface area contributed by atoms with E-state index in [1.54, 1.807) is 6.08 Å². The fourth-order valence-corrected chi connectivity index (χ4v) is 1.05. The lowest BCUT2D eigenvalue weighted by molar-refractivity contribution is -0.123. The molecule has 0 aromatic rings. The highest BCUT2D eigenvalue weighted by molar-refractivity contribution is 7.80. The molecule has 72 valence electrons. The minimum atomic E-state index is -0.389. The Balaban J connectivity index is 2.92. The average molecular weight is 200 g/mol. The van der Waals surface area contributed by atoms with Crippen molar-refractivity contribution in [3.8, 4) is 0 Å². The molecule has 0 aromatic heterocycles. The maximum atomic E-state index is 11.3. The van der Waals surface area contributed by atoms with Gasteiger partial charge in [-0.25, -0.2) is 5.84 Å². The van der Waals surface area contributed by atoms with Crippen molar-refractivity contribution in [2.75, 3.05) is 0 Å². The molecule has 0 saturated carbocycles. The van der Waals surface area contributed by atoms with Gasteiger partial charge in [-0.1, -0.05) is 20.8 Å². The highest BCUT2D eigenvalue weighted by atomic mass is 32.1. The largest absolute Gasteiger partial charge is 0.425 e. The summed E-state index contributed by atoms with van der Waals surface area (Å²) < 4.78 is 5.01. The minimum Gasteiger partial charge on any atom is -0.425 e. The first kappa shape index (κ1) is 10.1. The van der Waals surface area contributed by atoms with Crippen LogP contribution >= 0.6 is 12.2 Å². The van der Waals surface area contributed by atoms with Crippen LogP contribution in [0, 0.1) is 5.41 Å². The van der Waals surface area contributed by atoms with Crippen molar-refractivity contribution in [1.82, 2.24) is 5.01 Å². The van der Waals surface area contributed by atoms with Gasteiger partial charge in [0.25, 0.3) is 5.17 Å². The Morgan fingerprint density at radius 1 is 1.54 bits per heavy atom. The van der Waals surface area contributed by atoms with Crippen LogP contribution in [0.15, 0.2) is 11.8 Å². The second kappa shape index (κ2) is 3.08. The van der Waals surface area contributed by atoms with Gasteiger partial charge in [-0.3, -0.25) is 4.79 Å². The molecule has 0 unspecified atom stereocenters. The lowest BCUT2D eigenvalue weighted by Gasteiger charge is -2.11. The monoisotopic (exact) mass is 200 g/mol. The van der Waals surface area contributed by atoms with Crippen LogP contribution in [0.3, 0.4) is 0 Å². The van der Waals surface area contributed by atoms with Crippen molar-refractivity contribution >= 4 is 23.3 Å². The minimum absolute atomic E-state index is 0.000463. The smallest absolute Gasteiger partial charge is 0.311 e. The summed E-state index contributed by atoms with van der Waals surface area (Å²) in [6.07, 6.45) is 1.70. The van der Waals surface area contributed by atoms with E-state index in [1.807, 2.05) is 20.8 Å². The maximum Gasteiger partial charge on any atom is 0.311 e. The molecule has 1 aliphatic rings. The van der Waals surface area contributed by atoms with E-state index in [4.69, 9.17) is 22.8 Å². The molecular formula is C8H12N2O2S. The number of hydrogen-bond acceptors (Lipinski definition) is 4. The molecule has 1 saturated heterocycles. The molecule has 0 aliphatic carbocycles. The zero-order chi connectivity index (χ0) is 10.2. The normalized spacial score (nSPS) is 21.2. The van der Waals surface area contributed by atoms with Gasteiger partial charge in [0.05, 0.1) is 0 Å². The van der Waals surface area contributed by atoms with Gasteiger partial charge in [0.2, 0.25) is 0 Å². The molecule has 0 spiro atoms. The van der Waals surface area contributed by atoms with Crippen LogP contribution in [0.2, 0.25) is 0 Å². The van der Waals surface area contributed by atoms with E-state index < -0.39 is 0 Å². The lowest BCUT2D eigenvalue weighted by Crippen LogP contribution is -2.35. The van der Waals surface area contributed by atoms with E-state index in [2.05, 4.69) is 0 Å². The Hall–Kier alpha value is -0.940. The molecule has 5 heteroatoms. The van der Waals surface area contributed by atoms with E-state index in [9.17, 15) is 4.79 Å². The van der Waals surface area contributed by atoms with E-state index in [0.29, 0.717) is 0 Å². The summed E-state index contributed by atoms with van der Waals surface area (Å²) in [5, 5.41) is 0.827. The quantitative estimate of drug-likeness (QED) is 0.273. The fraction of sp³-hybridized carbons (Fsp3) is 0.500. The number of hydrogen-bond donors (Lipinski definition) is 1. The zero-order valence-corrected chi connectivity index (χ0v) is 8.64. The number of nitrogens with zero attached hydrogens (tertiary/aromatic N) is 1. The second-order valence-corrected chi connectivity index (χ2v) is 4.27. The molecule has 0 atom stereocenters. The number of carbonyl (C=O) groups excluding carboxylic acids is 1. The molecule has 0 bridgehead atoms. The van der Waals surface area contributed by atoms with Crippen LogP contribution in [0.4, 0.5) is 0 Å². The van der Waals surface area contributed by atoms with Gasteiger partial charge >= 0.3 is 5.91 Å². The fourth-order valence-electron chi connectivity index (χ4n) is 0.873. The van der Waals surface area contributed by atoms with Crippen LogP contribution in [0.25, 0.3) is 0 Å². The van der Waals surface area contributed by atoms with Crippen LogP contribution in [-0.4, -0.2) is 16.1 Å². The van der Waals surface area contributed by atoms with Crippen LogP contribution in [-0.2, 0) is 9.53 Å². The van der Waals surface area contributed by atoms with Crippen molar-refractivity contribution in [2.24, 2.45) is 11.3 Å². The molecular weight excluding hydrogens is 188 g/mol. The van der Waals surface area contributed by atoms with Crippen molar-refractivity contribution in [3.05, 3.63) is 11.8 Å². The maximum absolute atomic E-state index is 11.3. The molecule has 1 fully saturated rings. The Morgan fingerprint density at radius 3 is 2.38 bits per heavy atom. The number of allylic oxidation sites excluding steroid dienone is 1. The standard InChI is InChI=1S/C8H12N2O2S/c1-8(2,3)4-5-6(11)10(9)7(13)12-5/h4H,9H2,1-3H3/b5-4-. The number of hydrazine groups is 1. The van der Waals surface area contributed by atoms with Crippen molar-refractivity contribution in [2.45, 2.75) is 20.8 Å². The molecule has 1 rings (SSSR count). The SMILES string of the molecule is CC(C)(C)/C=C1\OC(=S)N(N)C1=O. The van der Waals surface area contributed by atoms with Crippen LogP contribution in [0.1, 0.15) is 20.8 Å². The zero-order valence-electron chi connectivity index (χ0n) is 7.83. The first-order chi connectivity index (χ1) is 5.81. The first-order valence-electron chi connectivity index (χ1n) is 3.85. The van der Waals surface area contributed by atoms with Crippen molar-refractivity contribution in [1.29, 1.82) is 0 Å². The van der Waals surface area contributed by atoms with Crippen LogP contribution < -0.4 is 5.84 Å². The highest BCUT2D eigenvalue weighted by Gasteiger charge is 2.32. The van der Waals surface area contributed by atoms with E-state index in [-0.39, 0.29) is 22.3 Å². The van der Waals surface area contributed by atoms with Gasteiger partial charge in [-0.15, -0.1) is 0 Å². The predicted octanol–water partition coefficient (Wildman–Crippen LogP) is 0.934. The third-order valence-corrected chi connectivity index (χ3v) is 1.67. The molecule has 13 heavy (non-hydrogen) atoms. The molecule has 1 heterocycles. The summed E-state index contributed by atoms with van der Waals surface area (Å²) in [7, 11) is 0. The van der Waals surface area contributed by atoms with Gasteiger partial charge in [0, 0.05) is 0 Å². The third-order valence-electron chi connectivity index (χ3n) is 1.39. The van der Waals surface area contributed by atoms with Gasteiger partial charge in [-0.05, 0) is 23.7 Å². The Bertz CT molecular complexity index is 291. The molecule has 0 radical (unpaired) electrons. The molecule has 2 N–H and O–H groups in total. The van der Waals surface area contributed by atoms with Gasteiger partial charge in [0.15, 0.2) is 5.76 Å². The topological polar surface area (TPSA) is 55.6 Å². The number of rotatable bonds is 0.